The molecule has 42 heavy (non-hydrogen) atoms. The van der Waals surface area contributed by atoms with E-state index in [1.54, 1.807) is 66.6 Å². The number of amides is 2. The number of carbonyl (C=O) groups excluding carboxylic acids is 2. The first-order chi connectivity index (χ1) is 20.3. The Labute approximate surface area is 253 Å². The number of methoxy groups -OCH3 is 1. The molecular weight excluding hydrogens is 576 g/mol. The van der Waals surface area contributed by atoms with Gasteiger partial charge >= 0.3 is 0 Å². The summed E-state index contributed by atoms with van der Waals surface area (Å²) >= 11 is 7.36. The molecule has 1 aliphatic heterocycles. The van der Waals surface area contributed by atoms with E-state index >= 15 is 0 Å². The summed E-state index contributed by atoms with van der Waals surface area (Å²) in [7, 11) is 1.57. The maximum atomic E-state index is 14.1. The third-order valence-electron chi connectivity index (χ3n) is 6.50. The van der Waals surface area contributed by atoms with Gasteiger partial charge in [0.2, 0.25) is 12.7 Å². The molecule has 0 radical (unpaired) electrons. The summed E-state index contributed by atoms with van der Waals surface area (Å²) in [5, 5.41) is 4.03. The molecule has 0 fully saturated rings. The number of ether oxygens (including phenoxy) is 3. The van der Waals surface area contributed by atoms with Gasteiger partial charge in [0.1, 0.15) is 11.8 Å². The van der Waals surface area contributed by atoms with Crippen molar-refractivity contribution in [2.45, 2.75) is 31.6 Å². The summed E-state index contributed by atoms with van der Waals surface area (Å²) in [6, 6.07) is 20.3. The van der Waals surface area contributed by atoms with Crippen LogP contribution >= 0.6 is 23.4 Å². The van der Waals surface area contributed by atoms with Crippen molar-refractivity contribution in [1.29, 1.82) is 0 Å². The average molecular weight is 605 g/mol. The Bertz CT molecular complexity index is 1560. The molecule has 0 saturated heterocycles. The number of thioether (sulfide) groups is 1. The summed E-state index contributed by atoms with van der Waals surface area (Å²) in [6.45, 7) is 4.00. The van der Waals surface area contributed by atoms with E-state index in [2.05, 4.69) is 15.3 Å². The molecule has 1 atom stereocenters. The average Bonchev–Trinajstić information content (AvgIpc) is 3.45. The fraction of sp³-hybridized carbons (Fsp3) is 0.226. The molecule has 11 heteroatoms. The van der Waals surface area contributed by atoms with Gasteiger partial charge in [0.15, 0.2) is 16.7 Å². The summed E-state index contributed by atoms with van der Waals surface area (Å²) in [4.78, 5) is 38.5. The van der Waals surface area contributed by atoms with Crippen LogP contribution in [0.2, 0.25) is 5.02 Å². The number of hydrogen-bond acceptors (Lipinski definition) is 8. The maximum absolute atomic E-state index is 14.1. The number of nitrogens with zero attached hydrogens (tertiary/aromatic N) is 3. The van der Waals surface area contributed by atoms with Gasteiger partial charge in [0.25, 0.3) is 5.91 Å². The first-order valence-corrected chi connectivity index (χ1v) is 14.5. The highest BCUT2D eigenvalue weighted by atomic mass is 35.5. The van der Waals surface area contributed by atoms with E-state index in [0.717, 1.165) is 17.0 Å². The Balaban J connectivity index is 1.51. The highest BCUT2D eigenvalue weighted by molar-refractivity contribution is 7.99. The quantitative estimate of drug-likeness (QED) is 0.174. The van der Waals surface area contributed by atoms with Crippen molar-refractivity contribution < 1.29 is 23.8 Å². The summed E-state index contributed by atoms with van der Waals surface area (Å²) in [5.74, 6) is 1.09. The molecule has 4 aromatic rings. The van der Waals surface area contributed by atoms with Crippen LogP contribution in [0.3, 0.4) is 0 Å². The number of benzene rings is 3. The Morgan fingerprint density at radius 3 is 2.36 bits per heavy atom. The zero-order chi connectivity index (χ0) is 29.6. The molecule has 1 N–H and O–H groups in total. The van der Waals surface area contributed by atoms with E-state index in [9.17, 15) is 9.59 Å². The third kappa shape index (κ3) is 7.13. The maximum Gasteiger partial charge on any atom is 0.251 e. The molecule has 9 nitrogen and oxygen atoms in total. The minimum Gasteiger partial charge on any atom is -0.497 e. The van der Waals surface area contributed by atoms with Crippen LogP contribution < -0.4 is 19.5 Å². The minimum absolute atomic E-state index is 0.0212. The predicted molar refractivity (Wildman–Crippen MR) is 161 cm³/mol. The van der Waals surface area contributed by atoms with Gasteiger partial charge in [-0.1, -0.05) is 41.6 Å². The highest BCUT2D eigenvalue weighted by Gasteiger charge is 2.33. The molecule has 5 rings (SSSR count). The van der Waals surface area contributed by atoms with Crippen LogP contribution in [0, 0.1) is 13.8 Å². The number of rotatable bonds is 10. The van der Waals surface area contributed by atoms with E-state index < -0.39 is 11.9 Å². The number of aromatic nitrogens is 2. The van der Waals surface area contributed by atoms with Gasteiger partial charge in [-0.25, -0.2) is 9.97 Å². The molecule has 216 valence electrons. The second kappa shape index (κ2) is 13.1. The molecule has 1 unspecified atom stereocenters. The second-order valence-corrected chi connectivity index (χ2v) is 11.0. The number of fused-ring (bicyclic) bond motifs is 1. The van der Waals surface area contributed by atoms with Gasteiger partial charge in [-0.2, -0.15) is 0 Å². The van der Waals surface area contributed by atoms with E-state index in [-0.39, 0.29) is 25.0 Å². The first-order valence-electron chi connectivity index (χ1n) is 13.1. The molecule has 0 saturated carbocycles. The predicted octanol–water partition coefficient (Wildman–Crippen LogP) is 5.99. The standard InChI is InChI=1S/C31H29ClN4O5S/c1-19-14-20(2)34-31(33-19)42-17-28(37)36(16-21-4-7-23(32)8-5-21)29(22-6-13-26-27(15-22)41-18-40-26)30(38)35-24-9-11-25(39-3)12-10-24/h4-15,29H,16-18H2,1-3H3,(H,35,38). The van der Waals surface area contributed by atoms with Crippen LogP contribution in [-0.2, 0) is 16.1 Å². The van der Waals surface area contributed by atoms with Gasteiger partial charge in [0, 0.05) is 28.6 Å². The second-order valence-electron chi connectivity index (χ2n) is 9.60. The number of halogens is 1. The van der Waals surface area contributed by atoms with Crippen molar-refractivity contribution >= 4 is 40.9 Å². The number of hydrogen-bond donors (Lipinski definition) is 1. The lowest BCUT2D eigenvalue weighted by Crippen LogP contribution is -2.41. The van der Waals surface area contributed by atoms with E-state index in [0.29, 0.717) is 38.7 Å². The van der Waals surface area contributed by atoms with Gasteiger partial charge in [-0.15, -0.1) is 0 Å². The lowest BCUT2D eigenvalue weighted by Gasteiger charge is -2.31. The minimum atomic E-state index is -1.01. The Morgan fingerprint density at radius 2 is 1.67 bits per heavy atom. The van der Waals surface area contributed by atoms with Crippen molar-refractivity contribution in [1.82, 2.24) is 14.9 Å². The zero-order valence-electron chi connectivity index (χ0n) is 23.3. The highest BCUT2D eigenvalue weighted by Crippen LogP contribution is 2.37. The molecular formula is C31H29ClN4O5S. The molecule has 2 amide bonds. The number of anilines is 1. The first kappa shape index (κ1) is 29.2. The molecule has 0 aliphatic carbocycles. The smallest absolute Gasteiger partial charge is 0.251 e. The largest absolute Gasteiger partial charge is 0.497 e. The number of carbonyl (C=O) groups is 2. The van der Waals surface area contributed by atoms with Gasteiger partial charge in [-0.3, -0.25) is 9.59 Å². The molecule has 1 aromatic heterocycles. The van der Waals surface area contributed by atoms with Crippen LogP contribution in [-0.4, -0.2) is 46.3 Å². The monoisotopic (exact) mass is 604 g/mol. The van der Waals surface area contributed by atoms with Crippen molar-refractivity contribution in [3.8, 4) is 17.2 Å². The third-order valence-corrected chi connectivity index (χ3v) is 7.59. The van der Waals surface area contributed by atoms with Crippen LogP contribution in [0.15, 0.2) is 78.0 Å². The topological polar surface area (TPSA) is 103 Å². The van der Waals surface area contributed by atoms with E-state index in [1.165, 1.54) is 11.8 Å². The van der Waals surface area contributed by atoms with Crippen LogP contribution in [0.25, 0.3) is 0 Å². The molecule has 1 aliphatic rings. The van der Waals surface area contributed by atoms with Crippen LogP contribution in [0.1, 0.15) is 28.6 Å². The summed E-state index contributed by atoms with van der Waals surface area (Å²) < 4.78 is 16.3. The normalized spacial score (nSPS) is 12.5. The molecule has 2 heterocycles. The number of aryl methyl sites for hydroxylation is 2. The SMILES string of the molecule is COc1ccc(NC(=O)C(c2ccc3c(c2)OCO3)N(Cc2ccc(Cl)cc2)C(=O)CSc2nc(C)cc(C)n2)cc1. The van der Waals surface area contributed by atoms with E-state index in [4.69, 9.17) is 25.8 Å². The van der Waals surface area contributed by atoms with Gasteiger partial charge in [0.05, 0.1) is 12.9 Å². The van der Waals surface area contributed by atoms with Crippen molar-refractivity contribution in [2.75, 3.05) is 25.0 Å². The fourth-order valence-electron chi connectivity index (χ4n) is 4.52. The van der Waals surface area contributed by atoms with Crippen molar-refractivity contribution in [2.24, 2.45) is 0 Å². The van der Waals surface area contributed by atoms with Crippen molar-refractivity contribution in [3.05, 3.63) is 100 Å². The van der Waals surface area contributed by atoms with Crippen LogP contribution in [0.4, 0.5) is 5.69 Å². The van der Waals surface area contributed by atoms with E-state index in [1.807, 2.05) is 32.0 Å². The molecule has 0 spiro atoms. The lowest BCUT2D eigenvalue weighted by atomic mass is 10.0. The van der Waals surface area contributed by atoms with Crippen molar-refractivity contribution in [3.63, 3.8) is 0 Å². The Kier molecular flexibility index (Phi) is 9.14. The van der Waals surface area contributed by atoms with Gasteiger partial charge in [-0.05, 0) is 79.6 Å². The Hall–Kier alpha value is -4.28. The molecule has 3 aromatic carbocycles. The van der Waals surface area contributed by atoms with Crippen LogP contribution in [0.5, 0.6) is 17.2 Å². The zero-order valence-corrected chi connectivity index (χ0v) is 24.9. The molecule has 0 bridgehead atoms. The van der Waals surface area contributed by atoms with Gasteiger partial charge < -0.3 is 24.4 Å². The summed E-state index contributed by atoms with van der Waals surface area (Å²) in [5.41, 5.74) is 3.56. The Morgan fingerprint density at radius 1 is 0.976 bits per heavy atom. The number of nitrogens with one attached hydrogen (secondary N) is 1. The lowest BCUT2D eigenvalue weighted by molar-refractivity contribution is -0.137. The fourth-order valence-corrected chi connectivity index (χ4v) is 5.48. The summed E-state index contributed by atoms with van der Waals surface area (Å²) in [6.07, 6.45) is 0.